The van der Waals surface area contributed by atoms with Crippen molar-refractivity contribution < 1.29 is 14.7 Å². The SMILES string of the molecule is O=C(NCCCc1ncc[nH]1)c1csc(C(=O)O)n1. The number of rotatable bonds is 6. The second-order valence-electron chi connectivity index (χ2n) is 3.74. The summed E-state index contributed by atoms with van der Waals surface area (Å²) in [4.78, 5) is 33.1. The number of thiazole rings is 1. The molecule has 0 spiro atoms. The van der Waals surface area contributed by atoms with Gasteiger partial charge in [0.05, 0.1) is 0 Å². The zero-order valence-corrected chi connectivity index (χ0v) is 10.7. The molecule has 2 rings (SSSR count). The molecule has 0 aliphatic rings. The standard InChI is InChI=1S/C11H12N4O3S/c16-9(7-6-19-10(15-7)11(17)18)14-3-1-2-8-12-4-5-13-8/h4-6H,1-3H2,(H,12,13)(H,14,16)(H,17,18). The Bertz CT molecular complexity index is 564. The third kappa shape index (κ3) is 3.62. The summed E-state index contributed by atoms with van der Waals surface area (Å²) in [5.74, 6) is -0.610. The lowest BCUT2D eigenvalue weighted by Gasteiger charge is -2.01. The van der Waals surface area contributed by atoms with Gasteiger partial charge in [-0.25, -0.2) is 14.8 Å². The zero-order valence-electron chi connectivity index (χ0n) is 9.92. The highest BCUT2D eigenvalue weighted by atomic mass is 32.1. The van der Waals surface area contributed by atoms with E-state index in [0.29, 0.717) is 6.54 Å². The fraction of sp³-hybridized carbons (Fsp3) is 0.273. The molecule has 2 aromatic heterocycles. The van der Waals surface area contributed by atoms with E-state index in [1.807, 2.05) is 0 Å². The molecular formula is C11H12N4O3S. The van der Waals surface area contributed by atoms with Gasteiger partial charge in [-0.3, -0.25) is 4.79 Å². The highest BCUT2D eigenvalue weighted by molar-refractivity contribution is 7.11. The molecule has 2 heterocycles. The lowest BCUT2D eigenvalue weighted by molar-refractivity contribution is 0.0696. The van der Waals surface area contributed by atoms with Gasteiger partial charge in [-0.05, 0) is 6.42 Å². The molecule has 0 aliphatic heterocycles. The molecule has 0 radical (unpaired) electrons. The number of aromatic nitrogens is 3. The van der Waals surface area contributed by atoms with Crippen molar-refractivity contribution in [3.8, 4) is 0 Å². The molecule has 7 nitrogen and oxygen atoms in total. The summed E-state index contributed by atoms with van der Waals surface area (Å²) in [7, 11) is 0. The summed E-state index contributed by atoms with van der Waals surface area (Å²) in [6.45, 7) is 0.486. The van der Waals surface area contributed by atoms with Gasteiger partial charge in [-0.15, -0.1) is 11.3 Å². The molecule has 0 saturated heterocycles. The Hall–Kier alpha value is -2.22. The van der Waals surface area contributed by atoms with Crippen LogP contribution >= 0.6 is 11.3 Å². The maximum atomic E-state index is 11.7. The molecule has 0 aliphatic carbocycles. The normalized spacial score (nSPS) is 10.3. The minimum atomic E-state index is -1.12. The van der Waals surface area contributed by atoms with Crippen LogP contribution in [-0.2, 0) is 6.42 Å². The molecule has 100 valence electrons. The van der Waals surface area contributed by atoms with Crippen molar-refractivity contribution in [3.05, 3.63) is 34.3 Å². The van der Waals surface area contributed by atoms with Gasteiger partial charge < -0.3 is 15.4 Å². The van der Waals surface area contributed by atoms with Crippen molar-refractivity contribution in [2.24, 2.45) is 0 Å². The van der Waals surface area contributed by atoms with E-state index >= 15 is 0 Å². The Morgan fingerprint density at radius 1 is 1.47 bits per heavy atom. The molecule has 1 amide bonds. The Morgan fingerprint density at radius 3 is 2.95 bits per heavy atom. The van der Waals surface area contributed by atoms with Crippen molar-refractivity contribution in [1.82, 2.24) is 20.3 Å². The van der Waals surface area contributed by atoms with Crippen molar-refractivity contribution in [1.29, 1.82) is 0 Å². The fourth-order valence-electron chi connectivity index (χ4n) is 1.46. The predicted octanol–water partition coefficient (Wildman–Crippen LogP) is 0.927. The van der Waals surface area contributed by atoms with E-state index in [-0.39, 0.29) is 16.6 Å². The van der Waals surface area contributed by atoms with Crippen molar-refractivity contribution in [2.75, 3.05) is 6.54 Å². The Balaban J connectivity index is 1.76. The Morgan fingerprint density at radius 2 is 2.32 bits per heavy atom. The summed E-state index contributed by atoms with van der Waals surface area (Å²) in [6, 6.07) is 0. The first-order valence-corrected chi connectivity index (χ1v) is 6.50. The number of carboxylic acid groups (broad SMARTS) is 1. The van der Waals surface area contributed by atoms with E-state index in [4.69, 9.17) is 5.11 Å². The quantitative estimate of drug-likeness (QED) is 0.682. The summed E-state index contributed by atoms with van der Waals surface area (Å²) < 4.78 is 0. The molecule has 2 aromatic rings. The molecule has 0 unspecified atom stereocenters. The van der Waals surface area contributed by atoms with Crippen LogP contribution in [0.15, 0.2) is 17.8 Å². The molecule has 0 fully saturated rings. The predicted molar refractivity (Wildman–Crippen MR) is 68.3 cm³/mol. The zero-order chi connectivity index (χ0) is 13.7. The highest BCUT2D eigenvalue weighted by Crippen LogP contribution is 2.09. The van der Waals surface area contributed by atoms with E-state index < -0.39 is 5.97 Å². The summed E-state index contributed by atoms with van der Waals surface area (Å²) in [5, 5.41) is 12.7. The van der Waals surface area contributed by atoms with Crippen LogP contribution in [0.4, 0.5) is 0 Å². The number of hydrogen-bond donors (Lipinski definition) is 3. The lowest BCUT2D eigenvalue weighted by Crippen LogP contribution is -2.25. The average molecular weight is 280 g/mol. The lowest BCUT2D eigenvalue weighted by atomic mass is 10.3. The first-order valence-electron chi connectivity index (χ1n) is 5.62. The second kappa shape index (κ2) is 6.10. The third-order valence-corrected chi connectivity index (χ3v) is 3.18. The van der Waals surface area contributed by atoms with E-state index in [2.05, 4.69) is 20.3 Å². The number of H-pyrrole nitrogens is 1. The molecule has 0 saturated carbocycles. The number of aromatic carboxylic acids is 1. The van der Waals surface area contributed by atoms with Crippen LogP contribution in [-0.4, -0.2) is 38.5 Å². The number of aryl methyl sites for hydroxylation is 1. The number of imidazole rings is 1. The number of carbonyl (C=O) groups is 2. The van der Waals surface area contributed by atoms with Gasteiger partial charge in [0.1, 0.15) is 11.5 Å². The first-order chi connectivity index (χ1) is 9.16. The second-order valence-corrected chi connectivity index (χ2v) is 4.60. The van der Waals surface area contributed by atoms with Crippen molar-refractivity contribution in [3.63, 3.8) is 0 Å². The van der Waals surface area contributed by atoms with Crippen LogP contribution in [0.1, 0.15) is 32.5 Å². The molecule has 8 heteroatoms. The van der Waals surface area contributed by atoms with Crippen LogP contribution in [0.5, 0.6) is 0 Å². The third-order valence-electron chi connectivity index (χ3n) is 2.35. The van der Waals surface area contributed by atoms with E-state index in [1.165, 1.54) is 5.38 Å². The Labute approximate surface area is 112 Å². The number of nitrogens with zero attached hydrogens (tertiary/aromatic N) is 2. The monoisotopic (exact) mass is 280 g/mol. The van der Waals surface area contributed by atoms with Gasteiger partial charge in [0.2, 0.25) is 5.01 Å². The van der Waals surface area contributed by atoms with Crippen LogP contribution in [0, 0.1) is 0 Å². The molecule has 0 aromatic carbocycles. The van der Waals surface area contributed by atoms with E-state index in [1.54, 1.807) is 12.4 Å². The smallest absolute Gasteiger partial charge is 0.365 e. The number of amides is 1. The molecule has 0 atom stereocenters. The van der Waals surface area contributed by atoms with Crippen molar-refractivity contribution in [2.45, 2.75) is 12.8 Å². The number of aromatic amines is 1. The van der Waals surface area contributed by atoms with Gasteiger partial charge >= 0.3 is 5.97 Å². The van der Waals surface area contributed by atoms with Gasteiger partial charge in [0.15, 0.2) is 0 Å². The fourth-order valence-corrected chi connectivity index (χ4v) is 2.09. The number of hydrogen-bond acceptors (Lipinski definition) is 5. The summed E-state index contributed by atoms with van der Waals surface area (Å²) in [5.41, 5.74) is 0.139. The number of carboxylic acids is 1. The van der Waals surface area contributed by atoms with Gasteiger partial charge in [0, 0.05) is 30.7 Å². The summed E-state index contributed by atoms with van der Waals surface area (Å²) in [6.07, 6.45) is 4.91. The molecule has 3 N–H and O–H groups in total. The first kappa shape index (κ1) is 13.2. The van der Waals surface area contributed by atoms with Gasteiger partial charge in [-0.2, -0.15) is 0 Å². The van der Waals surface area contributed by atoms with E-state index in [0.717, 1.165) is 30.0 Å². The molecular weight excluding hydrogens is 268 g/mol. The van der Waals surface area contributed by atoms with Crippen LogP contribution < -0.4 is 5.32 Å². The summed E-state index contributed by atoms with van der Waals surface area (Å²) >= 11 is 0.937. The number of carbonyl (C=O) groups excluding carboxylic acids is 1. The largest absolute Gasteiger partial charge is 0.476 e. The Kier molecular flexibility index (Phi) is 4.24. The van der Waals surface area contributed by atoms with Gasteiger partial charge in [-0.1, -0.05) is 0 Å². The topological polar surface area (TPSA) is 108 Å². The van der Waals surface area contributed by atoms with Gasteiger partial charge in [0.25, 0.3) is 5.91 Å². The molecule has 0 bridgehead atoms. The van der Waals surface area contributed by atoms with Crippen molar-refractivity contribution >= 4 is 23.2 Å². The van der Waals surface area contributed by atoms with Crippen LogP contribution in [0.3, 0.4) is 0 Å². The maximum Gasteiger partial charge on any atom is 0.365 e. The minimum absolute atomic E-state index is 0.0827. The van der Waals surface area contributed by atoms with Crippen LogP contribution in [0.2, 0.25) is 0 Å². The average Bonchev–Trinajstić information content (AvgIpc) is 3.05. The molecule has 19 heavy (non-hydrogen) atoms. The van der Waals surface area contributed by atoms with E-state index in [9.17, 15) is 9.59 Å². The van der Waals surface area contributed by atoms with Crippen LogP contribution in [0.25, 0.3) is 0 Å². The minimum Gasteiger partial charge on any atom is -0.476 e. The maximum absolute atomic E-state index is 11.7. The number of nitrogens with one attached hydrogen (secondary N) is 2. The highest BCUT2D eigenvalue weighted by Gasteiger charge is 2.13.